The molecule has 1 N–H and O–H groups in total. The Morgan fingerprint density at radius 2 is 2.12 bits per heavy atom. The molecule has 90 valence electrons. The Kier molecular flexibility index (Phi) is 4.97. The van der Waals surface area contributed by atoms with Crippen LogP contribution >= 0.6 is 11.8 Å². The molecular weight excluding hydrogens is 228 g/mol. The van der Waals surface area contributed by atoms with E-state index in [0.29, 0.717) is 0 Å². The van der Waals surface area contributed by atoms with E-state index in [1.54, 1.807) is 0 Å². The van der Waals surface area contributed by atoms with Gasteiger partial charge in [-0.25, -0.2) is 0 Å². The number of hydrogen-bond acceptors (Lipinski definition) is 2. The molecule has 1 aliphatic carbocycles. The van der Waals surface area contributed by atoms with Crippen molar-refractivity contribution in [3.05, 3.63) is 35.4 Å². The quantitative estimate of drug-likeness (QED) is 0.826. The molecule has 1 fully saturated rings. The summed E-state index contributed by atoms with van der Waals surface area (Å²) in [5.74, 6) is 6.72. The maximum absolute atomic E-state index is 8.67. The number of rotatable bonds is 3. The van der Waals surface area contributed by atoms with Gasteiger partial charge < -0.3 is 5.11 Å². The predicted molar refractivity (Wildman–Crippen MR) is 74.0 cm³/mol. The van der Waals surface area contributed by atoms with Crippen LogP contribution in [0.15, 0.2) is 24.3 Å². The van der Waals surface area contributed by atoms with Gasteiger partial charge in [-0.3, -0.25) is 0 Å². The topological polar surface area (TPSA) is 20.2 Å². The first-order valence-electron chi connectivity index (χ1n) is 6.19. The lowest BCUT2D eigenvalue weighted by molar-refractivity contribution is 0.350. The van der Waals surface area contributed by atoms with Crippen molar-refractivity contribution in [1.82, 2.24) is 0 Å². The van der Waals surface area contributed by atoms with Gasteiger partial charge >= 0.3 is 0 Å². The second-order valence-corrected chi connectivity index (χ2v) is 5.67. The number of aliphatic hydroxyl groups excluding tert-OH is 1. The smallest absolute Gasteiger partial charge is 0.104 e. The summed E-state index contributed by atoms with van der Waals surface area (Å²) < 4.78 is 0. The molecule has 1 aromatic carbocycles. The predicted octanol–water partition coefficient (Wildman–Crippen LogP) is 3.21. The van der Waals surface area contributed by atoms with Crippen molar-refractivity contribution in [2.75, 3.05) is 6.61 Å². The standard InChI is InChI=1S/C15H18OS/c16-10-4-7-13-5-3-6-14(11-13)12-17-15-8-1-2-9-15/h3,5-6,11,15-16H,1-2,8-10,12H2. The van der Waals surface area contributed by atoms with Gasteiger partial charge in [-0.2, -0.15) is 11.8 Å². The van der Waals surface area contributed by atoms with Gasteiger partial charge in [0.05, 0.1) is 0 Å². The fourth-order valence-electron chi connectivity index (χ4n) is 2.15. The highest BCUT2D eigenvalue weighted by Gasteiger charge is 2.14. The lowest BCUT2D eigenvalue weighted by atomic mass is 10.1. The number of hydrogen-bond donors (Lipinski definition) is 1. The van der Waals surface area contributed by atoms with Crippen LogP contribution in [0.2, 0.25) is 0 Å². The van der Waals surface area contributed by atoms with Crippen LogP contribution in [0.4, 0.5) is 0 Å². The first kappa shape index (κ1) is 12.5. The van der Waals surface area contributed by atoms with E-state index in [-0.39, 0.29) is 6.61 Å². The molecular formula is C15H18OS. The Morgan fingerprint density at radius 1 is 1.29 bits per heavy atom. The summed E-state index contributed by atoms with van der Waals surface area (Å²) >= 11 is 2.07. The van der Waals surface area contributed by atoms with E-state index in [1.165, 1.54) is 31.2 Å². The Labute approximate surface area is 108 Å². The molecule has 1 saturated carbocycles. The van der Waals surface area contributed by atoms with Crippen LogP contribution < -0.4 is 0 Å². The molecule has 1 aromatic rings. The summed E-state index contributed by atoms with van der Waals surface area (Å²) in [4.78, 5) is 0. The molecule has 2 rings (SSSR count). The van der Waals surface area contributed by atoms with E-state index in [9.17, 15) is 0 Å². The maximum atomic E-state index is 8.67. The Balaban J connectivity index is 1.91. The van der Waals surface area contributed by atoms with Crippen molar-refractivity contribution >= 4 is 11.8 Å². The highest BCUT2D eigenvalue weighted by Crippen LogP contribution is 2.31. The molecule has 0 atom stereocenters. The molecule has 1 nitrogen and oxygen atoms in total. The molecule has 0 heterocycles. The number of benzene rings is 1. The molecule has 0 unspecified atom stereocenters. The summed E-state index contributed by atoms with van der Waals surface area (Å²) in [7, 11) is 0. The van der Waals surface area contributed by atoms with E-state index in [4.69, 9.17) is 5.11 Å². The second-order valence-electron chi connectivity index (χ2n) is 4.38. The van der Waals surface area contributed by atoms with Gasteiger partial charge in [0.25, 0.3) is 0 Å². The Bertz CT molecular complexity index is 410. The average molecular weight is 246 g/mol. The molecule has 0 radical (unpaired) electrons. The van der Waals surface area contributed by atoms with E-state index in [2.05, 4.69) is 35.7 Å². The normalized spacial score (nSPS) is 15.6. The summed E-state index contributed by atoms with van der Waals surface area (Å²) in [5, 5.41) is 9.53. The Hall–Kier alpha value is -0.910. The zero-order valence-electron chi connectivity index (χ0n) is 9.98. The van der Waals surface area contributed by atoms with E-state index in [1.807, 2.05) is 12.1 Å². The zero-order chi connectivity index (χ0) is 11.9. The molecule has 0 bridgehead atoms. The van der Waals surface area contributed by atoms with E-state index >= 15 is 0 Å². The van der Waals surface area contributed by atoms with E-state index < -0.39 is 0 Å². The monoisotopic (exact) mass is 246 g/mol. The second kappa shape index (κ2) is 6.74. The maximum Gasteiger partial charge on any atom is 0.104 e. The van der Waals surface area contributed by atoms with Crippen LogP contribution in [-0.4, -0.2) is 17.0 Å². The van der Waals surface area contributed by atoms with Crippen molar-refractivity contribution < 1.29 is 5.11 Å². The summed E-state index contributed by atoms with van der Waals surface area (Å²) in [6, 6.07) is 8.33. The van der Waals surface area contributed by atoms with Crippen LogP contribution in [0.1, 0.15) is 36.8 Å². The van der Waals surface area contributed by atoms with Crippen molar-refractivity contribution in [2.24, 2.45) is 0 Å². The molecule has 1 aliphatic rings. The molecule has 0 spiro atoms. The number of thioether (sulfide) groups is 1. The van der Waals surface area contributed by atoms with E-state index in [0.717, 1.165) is 16.6 Å². The largest absolute Gasteiger partial charge is 0.384 e. The van der Waals surface area contributed by atoms with Crippen LogP contribution in [-0.2, 0) is 5.75 Å². The highest BCUT2D eigenvalue weighted by molar-refractivity contribution is 7.99. The van der Waals surface area contributed by atoms with Gasteiger partial charge in [-0.1, -0.05) is 36.8 Å². The van der Waals surface area contributed by atoms with Crippen molar-refractivity contribution in [1.29, 1.82) is 0 Å². The summed E-state index contributed by atoms with van der Waals surface area (Å²) in [5.41, 5.74) is 2.34. The highest BCUT2D eigenvalue weighted by atomic mass is 32.2. The summed E-state index contributed by atoms with van der Waals surface area (Å²) in [6.07, 6.45) is 5.57. The molecule has 0 aromatic heterocycles. The summed E-state index contributed by atoms with van der Waals surface area (Å²) in [6.45, 7) is -0.0684. The van der Waals surface area contributed by atoms with Gasteiger partial charge in [0.2, 0.25) is 0 Å². The van der Waals surface area contributed by atoms with Crippen molar-refractivity contribution in [2.45, 2.75) is 36.7 Å². The Morgan fingerprint density at radius 3 is 2.88 bits per heavy atom. The number of aliphatic hydroxyl groups is 1. The van der Waals surface area contributed by atoms with Gasteiger partial charge in [0.1, 0.15) is 6.61 Å². The average Bonchev–Trinajstić information content (AvgIpc) is 2.87. The fourth-order valence-corrected chi connectivity index (χ4v) is 3.42. The third kappa shape index (κ3) is 4.11. The van der Waals surface area contributed by atoms with Crippen LogP contribution in [0.5, 0.6) is 0 Å². The van der Waals surface area contributed by atoms with Crippen LogP contribution in [0.3, 0.4) is 0 Å². The van der Waals surface area contributed by atoms with Gasteiger partial charge in [0.15, 0.2) is 0 Å². The lowest BCUT2D eigenvalue weighted by Gasteiger charge is -2.08. The lowest BCUT2D eigenvalue weighted by Crippen LogP contribution is -1.94. The van der Waals surface area contributed by atoms with Gasteiger partial charge in [-0.05, 0) is 30.5 Å². The zero-order valence-corrected chi connectivity index (χ0v) is 10.8. The third-order valence-electron chi connectivity index (χ3n) is 3.03. The minimum absolute atomic E-state index is 0.0684. The fraction of sp³-hybridized carbons (Fsp3) is 0.467. The van der Waals surface area contributed by atoms with Crippen LogP contribution in [0, 0.1) is 11.8 Å². The van der Waals surface area contributed by atoms with Crippen molar-refractivity contribution in [3.8, 4) is 11.8 Å². The SMILES string of the molecule is OCC#Cc1cccc(CSC2CCCC2)c1. The molecule has 2 heteroatoms. The molecule has 0 aliphatic heterocycles. The first-order valence-corrected chi connectivity index (χ1v) is 7.23. The molecule has 17 heavy (non-hydrogen) atoms. The molecule has 0 saturated heterocycles. The minimum atomic E-state index is -0.0684. The first-order chi connectivity index (χ1) is 8.38. The van der Waals surface area contributed by atoms with Crippen molar-refractivity contribution in [3.63, 3.8) is 0 Å². The third-order valence-corrected chi connectivity index (χ3v) is 4.47. The van der Waals surface area contributed by atoms with Gasteiger partial charge in [0, 0.05) is 16.6 Å². The minimum Gasteiger partial charge on any atom is -0.384 e. The van der Waals surface area contributed by atoms with Gasteiger partial charge in [-0.15, -0.1) is 0 Å². The molecule has 0 amide bonds. The van der Waals surface area contributed by atoms with Crippen LogP contribution in [0.25, 0.3) is 0 Å².